The first-order valence-corrected chi connectivity index (χ1v) is 4.80. The highest BCUT2D eigenvalue weighted by molar-refractivity contribution is 5.73. The van der Waals surface area contributed by atoms with Crippen molar-refractivity contribution >= 4 is 5.97 Å². The molecule has 0 amide bonds. The number of carboxylic acid groups (broad SMARTS) is 1. The minimum absolute atomic E-state index is 0.361. The quantitative estimate of drug-likeness (QED) is 0.713. The summed E-state index contributed by atoms with van der Waals surface area (Å²) in [7, 11) is 0. The maximum atomic E-state index is 10.6. The van der Waals surface area contributed by atoms with Gasteiger partial charge in [0.25, 0.3) is 0 Å². The van der Waals surface area contributed by atoms with Gasteiger partial charge in [-0.05, 0) is 24.0 Å². The van der Waals surface area contributed by atoms with Crippen molar-refractivity contribution in [3.8, 4) is 0 Å². The fourth-order valence-electron chi connectivity index (χ4n) is 1.39. The molecule has 15 heavy (non-hydrogen) atoms. The van der Waals surface area contributed by atoms with Gasteiger partial charge in [-0.1, -0.05) is 30.3 Å². The summed E-state index contributed by atoms with van der Waals surface area (Å²) in [5.41, 5.74) is 7.53. The molecule has 0 saturated carbocycles. The Bertz CT molecular complexity index is 360. The van der Waals surface area contributed by atoms with E-state index in [1.165, 1.54) is 0 Å². The SMILES string of the molecule is C=CCc1cccc(C[C@H](N)C(=O)O)c1. The van der Waals surface area contributed by atoms with E-state index in [2.05, 4.69) is 6.58 Å². The monoisotopic (exact) mass is 205 g/mol. The van der Waals surface area contributed by atoms with Crippen molar-refractivity contribution in [1.29, 1.82) is 0 Å². The number of nitrogens with two attached hydrogens (primary N) is 1. The molecular formula is C12H15NO2. The Balaban J connectivity index is 2.72. The summed E-state index contributed by atoms with van der Waals surface area (Å²) in [4.78, 5) is 10.6. The lowest BCUT2D eigenvalue weighted by atomic mass is 10.0. The van der Waals surface area contributed by atoms with Crippen molar-refractivity contribution in [2.75, 3.05) is 0 Å². The standard InChI is InChI=1S/C12H15NO2/c1-2-4-9-5-3-6-10(7-9)8-11(13)12(14)15/h2-3,5-7,11H,1,4,8,13H2,(H,14,15)/t11-/m0/s1. The van der Waals surface area contributed by atoms with E-state index in [-0.39, 0.29) is 0 Å². The zero-order valence-corrected chi connectivity index (χ0v) is 8.52. The molecule has 0 bridgehead atoms. The number of rotatable bonds is 5. The summed E-state index contributed by atoms with van der Waals surface area (Å²) in [5.74, 6) is -0.968. The smallest absolute Gasteiger partial charge is 0.320 e. The predicted molar refractivity (Wildman–Crippen MR) is 59.7 cm³/mol. The Morgan fingerprint density at radius 1 is 1.53 bits per heavy atom. The maximum Gasteiger partial charge on any atom is 0.320 e. The largest absolute Gasteiger partial charge is 0.480 e. The molecule has 0 aliphatic heterocycles. The van der Waals surface area contributed by atoms with E-state index in [1.54, 1.807) is 0 Å². The molecule has 1 aromatic rings. The lowest BCUT2D eigenvalue weighted by molar-refractivity contribution is -0.138. The molecule has 1 atom stereocenters. The van der Waals surface area contributed by atoms with Crippen molar-refractivity contribution < 1.29 is 9.90 Å². The predicted octanol–water partition coefficient (Wildman–Crippen LogP) is 1.37. The Kier molecular flexibility index (Phi) is 4.06. The number of allylic oxidation sites excluding steroid dienone is 1. The average molecular weight is 205 g/mol. The van der Waals surface area contributed by atoms with Crippen LogP contribution >= 0.6 is 0 Å². The molecule has 3 nitrogen and oxygen atoms in total. The van der Waals surface area contributed by atoms with Crippen molar-refractivity contribution in [3.05, 3.63) is 48.0 Å². The van der Waals surface area contributed by atoms with Crippen molar-refractivity contribution in [1.82, 2.24) is 0 Å². The number of aliphatic carboxylic acids is 1. The molecule has 0 saturated heterocycles. The van der Waals surface area contributed by atoms with Crippen LogP contribution in [0.25, 0.3) is 0 Å². The number of hydrogen-bond acceptors (Lipinski definition) is 2. The minimum Gasteiger partial charge on any atom is -0.480 e. The fraction of sp³-hybridized carbons (Fsp3) is 0.250. The van der Waals surface area contributed by atoms with Crippen molar-refractivity contribution in [3.63, 3.8) is 0 Å². The van der Waals surface area contributed by atoms with Gasteiger partial charge in [-0.15, -0.1) is 6.58 Å². The third-order valence-corrected chi connectivity index (χ3v) is 2.14. The molecule has 3 N–H and O–H groups in total. The molecule has 0 aliphatic rings. The highest BCUT2D eigenvalue weighted by atomic mass is 16.4. The van der Waals surface area contributed by atoms with Crippen molar-refractivity contribution in [2.24, 2.45) is 5.73 Å². The third-order valence-electron chi connectivity index (χ3n) is 2.14. The van der Waals surface area contributed by atoms with Crippen LogP contribution in [0.15, 0.2) is 36.9 Å². The van der Waals surface area contributed by atoms with Gasteiger partial charge < -0.3 is 10.8 Å². The maximum absolute atomic E-state index is 10.6. The molecule has 0 spiro atoms. The first kappa shape index (κ1) is 11.5. The summed E-state index contributed by atoms with van der Waals surface area (Å²) in [5, 5.41) is 8.67. The lowest BCUT2D eigenvalue weighted by Gasteiger charge is -2.07. The van der Waals surface area contributed by atoms with Gasteiger partial charge in [0.15, 0.2) is 0 Å². The zero-order chi connectivity index (χ0) is 11.3. The van der Waals surface area contributed by atoms with Crippen LogP contribution in [0.1, 0.15) is 11.1 Å². The highest BCUT2D eigenvalue weighted by Crippen LogP contribution is 2.08. The van der Waals surface area contributed by atoms with Crippen LogP contribution in [0.4, 0.5) is 0 Å². The molecule has 80 valence electrons. The Morgan fingerprint density at radius 3 is 2.80 bits per heavy atom. The van der Waals surface area contributed by atoms with Gasteiger partial charge in [-0.3, -0.25) is 4.79 Å². The Hall–Kier alpha value is -1.61. The van der Waals surface area contributed by atoms with E-state index in [0.717, 1.165) is 17.5 Å². The van der Waals surface area contributed by atoms with Crippen LogP contribution < -0.4 is 5.73 Å². The van der Waals surface area contributed by atoms with Crippen LogP contribution in [0.2, 0.25) is 0 Å². The summed E-state index contributed by atoms with van der Waals surface area (Å²) in [6.07, 6.45) is 2.96. The zero-order valence-electron chi connectivity index (χ0n) is 8.52. The van der Waals surface area contributed by atoms with Crippen LogP contribution in [0, 0.1) is 0 Å². The van der Waals surface area contributed by atoms with Gasteiger partial charge in [-0.25, -0.2) is 0 Å². The first-order valence-electron chi connectivity index (χ1n) is 4.80. The lowest BCUT2D eigenvalue weighted by Crippen LogP contribution is -2.32. The fourth-order valence-corrected chi connectivity index (χ4v) is 1.39. The third kappa shape index (κ3) is 3.56. The summed E-state index contributed by atoms with van der Waals surface area (Å²) in [6.45, 7) is 3.66. The van der Waals surface area contributed by atoms with Crippen LogP contribution in [-0.4, -0.2) is 17.1 Å². The van der Waals surface area contributed by atoms with E-state index in [0.29, 0.717) is 6.42 Å². The molecule has 1 rings (SSSR count). The van der Waals surface area contributed by atoms with Gasteiger partial charge in [-0.2, -0.15) is 0 Å². The molecular weight excluding hydrogens is 190 g/mol. The minimum atomic E-state index is -0.968. The normalized spacial score (nSPS) is 12.1. The molecule has 0 aliphatic carbocycles. The van der Waals surface area contributed by atoms with E-state index in [4.69, 9.17) is 10.8 Å². The number of carbonyl (C=O) groups is 1. The molecule has 0 heterocycles. The van der Waals surface area contributed by atoms with Crippen LogP contribution in [0.5, 0.6) is 0 Å². The second-order valence-electron chi connectivity index (χ2n) is 3.46. The van der Waals surface area contributed by atoms with Crippen LogP contribution in [-0.2, 0) is 17.6 Å². The highest BCUT2D eigenvalue weighted by Gasteiger charge is 2.11. The number of carboxylic acids is 1. The topological polar surface area (TPSA) is 63.3 Å². The number of benzene rings is 1. The van der Waals surface area contributed by atoms with Crippen molar-refractivity contribution in [2.45, 2.75) is 18.9 Å². The summed E-state index contributed by atoms with van der Waals surface area (Å²) < 4.78 is 0. The molecule has 0 unspecified atom stereocenters. The molecule has 0 aromatic heterocycles. The van der Waals surface area contributed by atoms with E-state index < -0.39 is 12.0 Å². The van der Waals surface area contributed by atoms with Gasteiger partial charge in [0.2, 0.25) is 0 Å². The van der Waals surface area contributed by atoms with Gasteiger partial charge in [0.1, 0.15) is 6.04 Å². The number of hydrogen-bond donors (Lipinski definition) is 2. The van der Waals surface area contributed by atoms with Crippen LogP contribution in [0.3, 0.4) is 0 Å². The first-order chi connectivity index (χ1) is 7.13. The summed E-state index contributed by atoms with van der Waals surface area (Å²) in [6, 6.07) is 6.91. The summed E-state index contributed by atoms with van der Waals surface area (Å²) >= 11 is 0. The van der Waals surface area contributed by atoms with Gasteiger partial charge in [0.05, 0.1) is 0 Å². The Labute approximate surface area is 89.2 Å². The van der Waals surface area contributed by atoms with Gasteiger partial charge >= 0.3 is 5.97 Å². The van der Waals surface area contributed by atoms with E-state index in [9.17, 15) is 4.79 Å². The van der Waals surface area contributed by atoms with Gasteiger partial charge in [0, 0.05) is 0 Å². The van der Waals surface area contributed by atoms with E-state index in [1.807, 2.05) is 30.3 Å². The molecule has 0 radical (unpaired) electrons. The van der Waals surface area contributed by atoms with E-state index >= 15 is 0 Å². The second kappa shape index (κ2) is 5.32. The average Bonchev–Trinajstić information content (AvgIpc) is 2.18. The Morgan fingerprint density at radius 2 is 2.20 bits per heavy atom. The second-order valence-corrected chi connectivity index (χ2v) is 3.46. The molecule has 3 heteroatoms. The molecule has 1 aromatic carbocycles. The molecule has 0 fully saturated rings.